The molecule has 0 aromatic heterocycles. The lowest BCUT2D eigenvalue weighted by Gasteiger charge is -2.38. The van der Waals surface area contributed by atoms with Crippen LogP contribution < -0.4 is 22.9 Å². The first-order chi connectivity index (χ1) is 67.3. The van der Waals surface area contributed by atoms with Crippen molar-refractivity contribution in [2.45, 2.75) is 184 Å². The van der Waals surface area contributed by atoms with Gasteiger partial charge in [0, 0.05) is 138 Å². The van der Waals surface area contributed by atoms with Gasteiger partial charge < -0.3 is 80.6 Å². The normalized spacial score (nSPS) is 23.3. The fourth-order valence-electron chi connectivity index (χ4n) is 18.4. The van der Waals surface area contributed by atoms with E-state index in [1.165, 1.54) is 92.9 Å². The molecule has 0 radical (unpaired) electrons. The molecule has 7 atom stereocenters. The van der Waals surface area contributed by atoms with Crippen molar-refractivity contribution in [1.82, 2.24) is 34.3 Å². The molecule has 14 heterocycles. The number of ether oxygens (including phenoxy) is 7. The van der Waals surface area contributed by atoms with E-state index in [4.69, 9.17) is 39.3 Å². The summed E-state index contributed by atoms with van der Waals surface area (Å²) in [6.45, 7) is 8.87. The van der Waals surface area contributed by atoms with Crippen LogP contribution in [-0.2, 0) is 128 Å². The molecular formula is C95H82ClN13O33. The lowest BCUT2D eigenvalue weighted by molar-refractivity contribution is -0.385. The molecule has 46 nitrogen and oxygen atoms in total. The number of nitrogens with zero attached hydrogens (tertiary/aromatic N) is 9. The summed E-state index contributed by atoms with van der Waals surface area (Å²) in [6.07, 6.45) is 2.40. The first kappa shape index (κ1) is 99.0. The maximum Gasteiger partial charge on any atom is 0.339 e. The molecule has 7 saturated heterocycles. The van der Waals surface area contributed by atoms with Gasteiger partial charge in [-0.05, 0) is 139 Å². The molecule has 9 amide bonds. The van der Waals surface area contributed by atoms with Crippen LogP contribution in [0.2, 0.25) is 5.02 Å². The maximum absolute atomic E-state index is 12.5. The van der Waals surface area contributed by atoms with Gasteiger partial charge in [0.15, 0.2) is 0 Å². The number of anilines is 4. The molecule has 7 aromatic carbocycles. The summed E-state index contributed by atoms with van der Waals surface area (Å²) in [5.74, 6) is -12.2. The third kappa shape index (κ3) is 18.3. The van der Waals surface area contributed by atoms with E-state index >= 15 is 0 Å². The van der Waals surface area contributed by atoms with Gasteiger partial charge in [-0.15, -0.1) is 0 Å². The third-order valence-corrected chi connectivity index (χ3v) is 26.6. The average molecular weight is 1970 g/mol. The Morgan fingerprint density at radius 1 is 0.324 bits per heavy atom. The minimum absolute atomic E-state index is 0.0183. The second-order valence-corrected chi connectivity index (χ2v) is 35.3. The molecule has 7 unspecified atom stereocenters. The number of esters is 13. The molecule has 7 aromatic rings. The lowest BCUT2D eigenvalue weighted by atomic mass is 9.91. The second kappa shape index (κ2) is 38.8. The van der Waals surface area contributed by atoms with Crippen molar-refractivity contribution in [3.63, 3.8) is 0 Å². The van der Waals surface area contributed by atoms with E-state index in [9.17, 15) is 126 Å². The van der Waals surface area contributed by atoms with Crippen molar-refractivity contribution in [2.24, 2.45) is 0 Å². The zero-order valence-corrected chi connectivity index (χ0v) is 76.0. The Balaban J connectivity index is 0.000000125. The van der Waals surface area contributed by atoms with Crippen molar-refractivity contribution in [1.29, 1.82) is 0 Å². The van der Waals surface area contributed by atoms with Gasteiger partial charge in [-0.25, -0.2) is 33.6 Å². The van der Waals surface area contributed by atoms with E-state index < -0.39 is 164 Å². The number of fused-ring (bicyclic) bond motifs is 7. The molecule has 0 saturated carbocycles. The number of cyclic esters (lactones) is 13. The number of nitro benzene ring substituents is 2. The van der Waals surface area contributed by atoms with Crippen LogP contribution in [0.5, 0.6) is 0 Å². The quantitative estimate of drug-likeness (QED) is 0.0232. The van der Waals surface area contributed by atoms with Crippen molar-refractivity contribution in [3.05, 3.63) is 243 Å². The fraction of sp³-hybridized carbons (Fsp3) is 0.305. The molecule has 8 N–H and O–H groups in total. The predicted octanol–water partition coefficient (Wildman–Crippen LogP) is 6.36. The summed E-state index contributed by atoms with van der Waals surface area (Å²) in [4.78, 5) is 291. The van der Waals surface area contributed by atoms with E-state index in [0.717, 1.165) is 26.5 Å². The van der Waals surface area contributed by atoms with Crippen LogP contribution >= 0.6 is 11.6 Å². The first-order valence-corrected chi connectivity index (χ1v) is 44.2. The number of halogens is 1. The number of amides is 9. The number of allylic oxidation sites excluding steroid dienone is 1. The van der Waals surface area contributed by atoms with Crippen LogP contribution in [0.25, 0.3) is 0 Å². The number of rotatable bonds is 9. The molecule has 142 heavy (non-hydrogen) atoms. The summed E-state index contributed by atoms with van der Waals surface area (Å²) in [5, 5.41) is 22.6. The third-order valence-electron chi connectivity index (χ3n) is 26.3. The van der Waals surface area contributed by atoms with Gasteiger partial charge in [0.1, 0.15) is 46.5 Å². The Bertz CT molecular complexity index is 6770. The average Bonchev–Trinajstić information content (AvgIpc) is 1.62. The Hall–Kier alpha value is -17.5. The Morgan fingerprint density at radius 3 is 1.01 bits per heavy atom. The van der Waals surface area contributed by atoms with Crippen molar-refractivity contribution in [2.75, 3.05) is 22.9 Å². The minimum atomic E-state index is -1.49. The van der Waals surface area contributed by atoms with Crippen LogP contribution in [0.15, 0.2) is 140 Å². The van der Waals surface area contributed by atoms with Gasteiger partial charge in [0.05, 0.1) is 67.4 Å². The summed E-state index contributed by atoms with van der Waals surface area (Å²) in [6, 6.07) is 29.9. The highest BCUT2D eigenvalue weighted by molar-refractivity contribution is 6.32. The minimum Gasteiger partial charge on any atom is -0.430 e. The van der Waals surface area contributed by atoms with Gasteiger partial charge in [0.2, 0.25) is 0 Å². The molecule has 0 spiro atoms. The molecule has 0 bridgehead atoms. The van der Waals surface area contributed by atoms with E-state index in [0.29, 0.717) is 64.5 Å². The number of carbonyl (C=O) groups is 22. The van der Waals surface area contributed by atoms with E-state index in [2.05, 4.69) is 35.0 Å². The maximum atomic E-state index is 12.5. The van der Waals surface area contributed by atoms with Gasteiger partial charge in [-0.2, -0.15) is 0 Å². The first-order valence-electron chi connectivity index (χ1n) is 43.8. The van der Waals surface area contributed by atoms with Crippen LogP contribution in [0, 0.1) is 20.2 Å². The van der Waals surface area contributed by atoms with Crippen LogP contribution in [0.3, 0.4) is 0 Å². The second-order valence-electron chi connectivity index (χ2n) is 34.8. The van der Waals surface area contributed by atoms with Crippen molar-refractivity contribution >= 4 is 176 Å². The number of hydrogen-bond donors (Lipinski definition) is 4. The number of nitrogens with two attached hydrogens (primary N) is 4. The van der Waals surface area contributed by atoms with E-state index in [1.807, 2.05) is 0 Å². The topological polar surface area (TPSA) is 653 Å². The SMILES string of the molecule is C=C1CCC(N2C(=O)c3cccc(N)c3C2=O)C(=O)O1.CC1(N2C(=O)c3cccc(N)c3C2=O)CCC(=O)OC1=O.CC1(N2Cc3c(N)cccc3C2=O)CCC(=O)OC1=O.CC1(N2Cc3c(cccc3[N+](=O)[O-])C2=O)CCC(=O)OC1=O.Nc1cccc2c1CN(C1CCC(=O)OC1=O)C2=O.O=C1CCC(N2Cc3c(Cl)cccc3C2=O)C(=O)O1.O=C1CCC(N2Cc3c(cccc3[N+](=O)[O-])C2=O)C(=O)O1. The monoisotopic (exact) mass is 1970 g/mol. The van der Waals surface area contributed by atoms with Crippen molar-refractivity contribution < 1.29 is 148 Å². The highest BCUT2D eigenvalue weighted by Crippen LogP contribution is 2.44. The van der Waals surface area contributed by atoms with Gasteiger partial charge in [0.25, 0.3) is 64.5 Å². The fourth-order valence-corrected chi connectivity index (χ4v) is 18.6. The molecular weight excluding hydrogens is 1890 g/mol. The smallest absolute Gasteiger partial charge is 0.339 e. The number of nitrogen functional groups attached to an aromatic ring is 4. The van der Waals surface area contributed by atoms with Gasteiger partial charge >= 0.3 is 77.6 Å². The molecule has 14 aliphatic heterocycles. The van der Waals surface area contributed by atoms with Crippen LogP contribution in [0.1, 0.15) is 232 Å². The number of benzene rings is 7. The molecule has 21 rings (SSSR count). The molecule has 47 heteroatoms. The van der Waals surface area contributed by atoms with Gasteiger partial charge in [-0.3, -0.25) is 102 Å². The number of carbonyl (C=O) groups excluding carboxylic acids is 22. The van der Waals surface area contributed by atoms with Crippen LogP contribution in [-0.4, -0.2) is 216 Å². The summed E-state index contributed by atoms with van der Waals surface area (Å²) < 4.78 is 32.5. The summed E-state index contributed by atoms with van der Waals surface area (Å²) in [5.41, 5.74) is 25.8. The summed E-state index contributed by atoms with van der Waals surface area (Å²) >= 11 is 6.05. The van der Waals surface area contributed by atoms with E-state index in [1.54, 1.807) is 79.7 Å². The Morgan fingerprint density at radius 2 is 0.634 bits per heavy atom. The highest BCUT2D eigenvalue weighted by atomic mass is 35.5. The predicted molar refractivity (Wildman–Crippen MR) is 478 cm³/mol. The van der Waals surface area contributed by atoms with Gasteiger partial charge in [-0.1, -0.05) is 60.6 Å². The van der Waals surface area contributed by atoms with E-state index in [-0.39, 0.29) is 182 Å². The molecule has 732 valence electrons. The van der Waals surface area contributed by atoms with Crippen molar-refractivity contribution in [3.8, 4) is 0 Å². The van der Waals surface area contributed by atoms with Crippen LogP contribution in [0.4, 0.5) is 34.1 Å². The lowest BCUT2D eigenvalue weighted by Crippen LogP contribution is -2.58. The summed E-state index contributed by atoms with van der Waals surface area (Å²) in [7, 11) is 0. The molecule has 0 aliphatic carbocycles. The highest BCUT2D eigenvalue weighted by Gasteiger charge is 2.57. The Kier molecular flexibility index (Phi) is 27.1. The number of nitro groups is 2. The Labute approximate surface area is 805 Å². The molecule has 7 fully saturated rings. The standard InChI is InChI=1S/C14H12N2O6.C14H12N2O5.C14H14N2O4.C14H12N2O4.C13H10ClNO4.C13H10N2O6.C13H12N2O4/c1-14(6-5-11(17)22-13(14)19)15-7-9-8(12(15)18)3-2-4-10(9)16(20)21;1-14(6-5-9(17)21-13(14)20)16-11(18)7-3-2-4-8(15)10(7)12(16)19;1-14(6-5-11(17)20-13(14)19)16-7-9-8(12(16)18)3-2-4-10(9)15;1-7-5-6-10(14(19)20-7)16-12(17)8-3-2-4-9(15)11(8)13(16)18;14-9-3-1-2-7-8(9)6-15(12(7)17)10-4-5-11(16)19-13(10)18;16-11-5-4-10(13(18)21-11)14-6-8-7(12(14)17)2-1-3-9(8)15(19)20;14-9-3-1-2-7-8(9)6-15(12(7)17)10-4-5-11(16)19-13(10)18/h2-4H,5-7H2,1H3;2-4H,5-6,15H2,1H3;2-4H,5-7,15H2,1H3;2-4,10H,1,5-6,15H2;1-3,10H,4-6H2;1-3,10H,4-6H2;1-3,10H,4-6,14H2. The number of imide groups is 2. The largest absolute Gasteiger partial charge is 0.430 e. The zero-order chi connectivity index (χ0) is 103. The number of hydrogen-bond acceptors (Lipinski definition) is 37. The zero-order valence-electron chi connectivity index (χ0n) is 75.3. The molecule has 14 aliphatic rings.